The molecule has 0 aliphatic rings. The lowest BCUT2D eigenvalue weighted by molar-refractivity contribution is -0.121. The Morgan fingerprint density at radius 3 is 2.33 bits per heavy atom. The minimum absolute atomic E-state index is 0.0958. The van der Waals surface area contributed by atoms with Gasteiger partial charge in [-0.05, 0) is 18.8 Å². The third-order valence-corrected chi connectivity index (χ3v) is 3.09. The van der Waals surface area contributed by atoms with Crippen LogP contribution < -0.4 is 11.1 Å². The average Bonchev–Trinajstić information content (AvgIpc) is 2.30. The first-order chi connectivity index (χ1) is 8.56. The van der Waals surface area contributed by atoms with Crippen molar-refractivity contribution < 1.29 is 4.79 Å². The largest absolute Gasteiger partial charge is 0.355 e. The summed E-state index contributed by atoms with van der Waals surface area (Å²) >= 11 is 0. The van der Waals surface area contributed by atoms with Crippen LogP contribution in [0.4, 0.5) is 0 Å². The van der Waals surface area contributed by atoms with Crippen molar-refractivity contribution in [2.75, 3.05) is 6.54 Å². The summed E-state index contributed by atoms with van der Waals surface area (Å²) in [4.78, 5) is 11.6. The zero-order chi connectivity index (χ0) is 13.8. The summed E-state index contributed by atoms with van der Waals surface area (Å²) in [5.74, 6) is 0.750. The minimum Gasteiger partial charge on any atom is -0.355 e. The van der Waals surface area contributed by atoms with Crippen molar-refractivity contribution in [3.63, 3.8) is 0 Å². The fourth-order valence-corrected chi connectivity index (χ4v) is 2.09. The number of rotatable bonds is 11. The number of hydrogen-bond acceptors (Lipinski definition) is 2. The van der Waals surface area contributed by atoms with Gasteiger partial charge >= 0.3 is 0 Å². The zero-order valence-corrected chi connectivity index (χ0v) is 12.5. The van der Waals surface area contributed by atoms with Crippen LogP contribution in [0.2, 0.25) is 0 Å². The number of hydrogen-bond donors (Lipinski definition) is 2. The zero-order valence-electron chi connectivity index (χ0n) is 12.5. The van der Waals surface area contributed by atoms with Crippen LogP contribution in [-0.4, -0.2) is 18.5 Å². The monoisotopic (exact) mass is 256 g/mol. The molecule has 3 heteroatoms. The summed E-state index contributed by atoms with van der Waals surface area (Å²) in [6.45, 7) is 7.14. The van der Waals surface area contributed by atoms with Crippen LogP contribution in [-0.2, 0) is 4.79 Å². The summed E-state index contributed by atoms with van der Waals surface area (Å²) in [6.07, 6.45) is 8.95. The molecule has 0 aliphatic heterocycles. The normalized spacial score (nSPS) is 12.7. The van der Waals surface area contributed by atoms with E-state index in [0.29, 0.717) is 18.9 Å². The Balaban J connectivity index is 3.37. The third-order valence-electron chi connectivity index (χ3n) is 3.09. The van der Waals surface area contributed by atoms with E-state index in [4.69, 9.17) is 5.73 Å². The molecule has 0 aliphatic carbocycles. The average molecular weight is 256 g/mol. The Hall–Kier alpha value is -0.570. The molecule has 0 radical (unpaired) electrons. The Kier molecular flexibility index (Phi) is 11.2. The summed E-state index contributed by atoms with van der Waals surface area (Å²) in [6, 6.07) is 0.0958. The van der Waals surface area contributed by atoms with Gasteiger partial charge in [-0.2, -0.15) is 0 Å². The van der Waals surface area contributed by atoms with Crippen LogP contribution in [0.1, 0.15) is 72.1 Å². The van der Waals surface area contributed by atoms with Gasteiger partial charge in [0.15, 0.2) is 0 Å². The lowest BCUT2D eigenvalue weighted by Gasteiger charge is -2.14. The highest BCUT2D eigenvalue weighted by Crippen LogP contribution is 2.07. The Bertz CT molecular complexity index is 205. The molecule has 0 rings (SSSR count). The predicted molar refractivity (Wildman–Crippen MR) is 78.4 cm³/mol. The molecule has 0 aromatic rings. The van der Waals surface area contributed by atoms with Crippen LogP contribution in [0.15, 0.2) is 0 Å². The topological polar surface area (TPSA) is 55.1 Å². The smallest absolute Gasteiger partial charge is 0.220 e. The maximum Gasteiger partial charge on any atom is 0.220 e. The second-order valence-corrected chi connectivity index (χ2v) is 5.71. The van der Waals surface area contributed by atoms with Crippen molar-refractivity contribution in [2.24, 2.45) is 11.7 Å². The van der Waals surface area contributed by atoms with E-state index in [2.05, 4.69) is 26.1 Å². The highest BCUT2D eigenvalue weighted by Gasteiger charge is 2.07. The number of unbranched alkanes of at least 4 members (excludes halogenated alkanes) is 5. The highest BCUT2D eigenvalue weighted by atomic mass is 16.1. The number of amides is 1. The predicted octanol–water partition coefficient (Wildman–Crippen LogP) is 3.23. The van der Waals surface area contributed by atoms with E-state index in [1.54, 1.807) is 0 Å². The SMILES string of the molecule is CCCCCCCCC(=O)NCC(N)CC(C)C. The van der Waals surface area contributed by atoms with E-state index in [1.807, 2.05) is 0 Å². The Labute approximate surface area is 113 Å². The van der Waals surface area contributed by atoms with Crippen LogP contribution >= 0.6 is 0 Å². The standard InChI is InChI=1S/C15H32N2O/c1-4-5-6-7-8-9-10-15(18)17-12-14(16)11-13(2)3/h13-14H,4-12,16H2,1-3H3,(H,17,18). The van der Waals surface area contributed by atoms with Crippen LogP contribution in [0.5, 0.6) is 0 Å². The van der Waals surface area contributed by atoms with Crippen molar-refractivity contribution in [1.29, 1.82) is 0 Å². The molecule has 0 bridgehead atoms. The van der Waals surface area contributed by atoms with Crippen molar-refractivity contribution in [3.8, 4) is 0 Å². The minimum atomic E-state index is 0.0958. The quantitative estimate of drug-likeness (QED) is 0.558. The van der Waals surface area contributed by atoms with E-state index < -0.39 is 0 Å². The molecule has 0 fully saturated rings. The van der Waals surface area contributed by atoms with Crippen LogP contribution in [0.3, 0.4) is 0 Å². The molecule has 0 spiro atoms. The van der Waals surface area contributed by atoms with Gasteiger partial charge in [0.25, 0.3) is 0 Å². The van der Waals surface area contributed by atoms with Gasteiger partial charge < -0.3 is 11.1 Å². The number of nitrogens with one attached hydrogen (secondary N) is 1. The van der Waals surface area contributed by atoms with E-state index >= 15 is 0 Å². The van der Waals surface area contributed by atoms with E-state index in [9.17, 15) is 4.79 Å². The molecule has 0 aromatic heterocycles. The second-order valence-electron chi connectivity index (χ2n) is 5.71. The van der Waals surface area contributed by atoms with Gasteiger partial charge in [-0.15, -0.1) is 0 Å². The van der Waals surface area contributed by atoms with Crippen molar-refractivity contribution >= 4 is 5.91 Å². The Morgan fingerprint density at radius 2 is 1.72 bits per heavy atom. The van der Waals surface area contributed by atoms with E-state index in [0.717, 1.165) is 12.8 Å². The van der Waals surface area contributed by atoms with Gasteiger partial charge in [0.1, 0.15) is 0 Å². The third kappa shape index (κ3) is 11.9. The second kappa shape index (κ2) is 11.5. The lowest BCUT2D eigenvalue weighted by atomic mass is 10.0. The van der Waals surface area contributed by atoms with Crippen LogP contribution in [0, 0.1) is 5.92 Å². The van der Waals surface area contributed by atoms with E-state index in [1.165, 1.54) is 32.1 Å². The van der Waals surface area contributed by atoms with Crippen molar-refractivity contribution in [1.82, 2.24) is 5.32 Å². The fourth-order valence-electron chi connectivity index (χ4n) is 2.09. The number of carbonyl (C=O) groups excluding carboxylic acids is 1. The van der Waals surface area contributed by atoms with E-state index in [-0.39, 0.29) is 11.9 Å². The molecule has 0 aromatic carbocycles. The molecule has 1 amide bonds. The number of carbonyl (C=O) groups is 1. The summed E-state index contributed by atoms with van der Waals surface area (Å²) < 4.78 is 0. The molecular formula is C15H32N2O. The lowest BCUT2D eigenvalue weighted by Crippen LogP contribution is -2.37. The molecule has 3 N–H and O–H groups in total. The van der Waals surface area contributed by atoms with Crippen molar-refractivity contribution in [2.45, 2.75) is 78.2 Å². The molecule has 1 unspecified atom stereocenters. The molecule has 18 heavy (non-hydrogen) atoms. The molecule has 1 atom stereocenters. The first-order valence-electron chi connectivity index (χ1n) is 7.58. The molecule has 0 heterocycles. The van der Waals surface area contributed by atoms with Gasteiger partial charge in [0.05, 0.1) is 0 Å². The maximum absolute atomic E-state index is 11.6. The van der Waals surface area contributed by atoms with Crippen molar-refractivity contribution in [3.05, 3.63) is 0 Å². The first kappa shape index (κ1) is 17.4. The van der Waals surface area contributed by atoms with Gasteiger partial charge in [0.2, 0.25) is 5.91 Å². The molecule has 0 saturated carbocycles. The summed E-state index contributed by atoms with van der Waals surface area (Å²) in [5, 5.41) is 2.93. The first-order valence-corrected chi connectivity index (χ1v) is 7.58. The summed E-state index contributed by atoms with van der Waals surface area (Å²) in [5.41, 5.74) is 5.92. The van der Waals surface area contributed by atoms with Gasteiger partial charge in [-0.1, -0.05) is 52.9 Å². The van der Waals surface area contributed by atoms with Gasteiger partial charge in [-0.25, -0.2) is 0 Å². The number of nitrogens with two attached hydrogens (primary N) is 1. The highest BCUT2D eigenvalue weighted by molar-refractivity contribution is 5.75. The summed E-state index contributed by atoms with van der Waals surface area (Å²) in [7, 11) is 0. The molecule has 3 nitrogen and oxygen atoms in total. The molecule has 108 valence electrons. The molecule has 0 saturated heterocycles. The molecular weight excluding hydrogens is 224 g/mol. The van der Waals surface area contributed by atoms with Crippen LogP contribution in [0.25, 0.3) is 0 Å². The maximum atomic E-state index is 11.6. The Morgan fingerprint density at radius 1 is 1.11 bits per heavy atom. The fraction of sp³-hybridized carbons (Fsp3) is 0.933. The van der Waals surface area contributed by atoms with Gasteiger partial charge in [0, 0.05) is 19.0 Å². The van der Waals surface area contributed by atoms with Gasteiger partial charge in [-0.3, -0.25) is 4.79 Å².